The molecule has 1 aliphatic heterocycles. The molecular formula is C45H36NO4P. The maximum Gasteiger partial charge on any atom is 0.388 e. The summed E-state index contributed by atoms with van der Waals surface area (Å²) >= 11 is 0. The highest BCUT2D eigenvalue weighted by atomic mass is 31.1. The van der Waals surface area contributed by atoms with Gasteiger partial charge in [0.1, 0.15) is 29.4 Å². The molecule has 0 spiro atoms. The number of nitrogens with zero attached hydrogens (tertiary/aromatic N) is 1. The average Bonchev–Trinajstić information content (AvgIpc) is 3.61. The summed E-state index contributed by atoms with van der Waals surface area (Å²) in [7, 11) is -1.98. The first kappa shape index (κ1) is 31.4. The van der Waals surface area contributed by atoms with Crippen molar-refractivity contribution in [3.05, 3.63) is 180 Å². The highest BCUT2D eigenvalue weighted by Gasteiger charge is 2.46. The zero-order chi connectivity index (χ0) is 34.2. The van der Waals surface area contributed by atoms with Gasteiger partial charge in [0.2, 0.25) is 5.90 Å². The molecule has 1 aromatic heterocycles. The van der Waals surface area contributed by atoms with Gasteiger partial charge in [-0.1, -0.05) is 139 Å². The Bertz CT molecular complexity index is 2440. The summed E-state index contributed by atoms with van der Waals surface area (Å²) < 4.78 is 27.7. The number of aliphatic imine (C=N–C) groups is 1. The molecule has 8 aromatic rings. The van der Waals surface area contributed by atoms with E-state index < -0.39 is 13.8 Å². The number of fused-ring (bicyclic) bond motifs is 7. The molecule has 0 aliphatic carbocycles. The molecular weight excluding hydrogens is 649 g/mol. The fraction of sp³-hybridized carbons (Fsp3) is 0.133. The Morgan fingerprint density at radius 2 is 1.12 bits per heavy atom. The third kappa shape index (κ3) is 6.10. The Kier molecular flexibility index (Phi) is 8.16. The van der Waals surface area contributed by atoms with Gasteiger partial charge in [-0.2, -0.15) is 0 Å². The lowest BCUT2D eigenvalue weighted by Crippen LogP contribution is -2.51. The van der Waals surface area contributed by atoms with Crippen LogP contribution in [0.25, 0.3) is 43.5 Å². The summed E-state index contributed by atoms with van der Waals surface area (Å²) in [6.07, 6.45) is 1.14. The molecule has 1 unspecified atom stereocenters. The van der Waals surface area contributed by atoms with Gasteiger partial charge in [-0.25, -0.2) is 4.99 Å². The number of rotatable bonds is 8. The Morgan fingerprint density at radius 1 is 0.608 bits per heavy atom. The van der Waals surface area contributed by atoms with Crippen molar-refractivity contribution in [1.29, 1.82) is 0 Å². The average molecular weight is 686 g/mol. The van der Waals surface area contributed by atoms with Gasteiger partial charge in [0, 0.05) is 29.2 Å². The molecule has 6 heteroatoms. The third-order valence-corrected chi connectivity index (χ3v) is 11.1. The van der Waals surface area contributed by atoms with E-state index in [2.05, 4.69) is 153 Å². The van der Waals surface area contributed by atoms with Crippen molar-refractivity contribution >= 4 is 57.6 Å². The van der Waals surface area contributed by atoms with Crippen molar-refractivity contribution in [2.24, 2.45) is 4.99 Å². The van der Waals surface area contributed by atoms with Crippen molar-refractivity contribution in [2.45, 2.75) is 31.4 Å². The van der Waals surface area contributed by atoms with Gasteiger partial charge >= 0.3 is 8.24 Å². The van der Waals surface area contributed by atoms with E-state index >= 15 is 0 Å². The van der Waals surface area contributed by atoms with Crippen LogP contribution < -0.4 is 4.52 Å². The van der Waals surface area contributed by atoms with Crippen LogP contribution in [0.5, 0.6) is 0 Å². The van der Waals surface area contributed by atoms with E-state index in [-0.39, 0.29) is 6.04 Å². The molecule has 7 aromatic carbocycles. The van der Waals surface area contributed by atoms with E-state index in [0.717, 1.165) is 60.2 Å². The largest absolute Gasteiger partial charge is 0.475 e. The molecule has 0 amide bonds. The summed E-state index contributed by atoms with van der Waals surface area (Å²) in [4.78, 5) is 5.28. The smallest absolute Gasteiger partial charge is 0.388 e. The van der Waals surface area contributed by atoms with Crippen LogP contribution in [0.15, 0.2) is 171 Å². The second kappa shape index (κ2) is 13.3. The number of hydrogen-bond acceptors (Lipinski definition) is 5. The first-order valence-electron chi connectivity index (χ1n) is 17.4. The van der Waals surface area contributed by atoms with E-state index in [1.54, 1.807) is 0 Å². The molecule has 5 nitrogen and oxygen atoms in total. The second-order valence-electron chi connectivity index (χ2n) is 13.3. The maximum atomic E-state index is 7.43. The van der Waals surface area contributed by atoms with Crippen LogP contribution in [0.4, 0.5) is 0 Å². The normalized spacial score (nSPS) is 14.6. The number of ether oxygens (including phenoxy) is 1. The predicted molar refractivity (Wildman–Crippen MR) is 208 cm³/mol. The van der Waals surface area contributed by atoms with Gasteiger partial charge < -0.3 is 13.1 Å². The van der Waals surface area contributed by atoms with E-state index in [1.807, 2.05) is 12.1 Å². The van der Waals surface area contributed by atoms with E-state index in [1.165, 1.54) is 5.56 Å². The van der Waals surface area contributed by atoms with Gasteiger partial charge in [-0.15, -0.1) is 0 Å². The molecule has 0 radical (unpaired) electrons. The SMILES string of the molecule is Cc1ccc(C2=NC(C(Cc3ccccc3)(Cc3ccccc3)Op3oc4ccc5ccccc5c4c4c(ccc5ccccc54)o3)CO2)cc1. The molecule has 1 aliphatic rings. The molecule has 250 valence electrons. The molecule has 0 bridgehead atoms. The Hall–Kier alpha value is -5.61. The van der Waals surface area contributed by atoms with Crippen LogP contribution in [-0.2, 0) is 17.6 Å². The Balaban J connectivity index is 1.29. The fourth-order valence-electron chi connectivity index (χ4n) is 7.34. The molecule has 1 atom stereocenters. The quantitative estimate of drug-likeness (QED) is 0.160. The predicted octanol–water partition coefficient (Wildman–Crippen LogP) is 11.4. The molecule has 0 fully saturated rings. The van der Waals surface area contributed by atoms with E-state index in [9.17, 15) is 0 Å². The molecule has 2 heterocycles. The maximum absolute atomic E-state index is 7.43. The van der Waals surface area contributed by atoms with Gasteiger partial charge in [-0.3, -0.25) is 4.52 Å². The number of hydrogen-bond donors (Lipinski definition) is 0. The van der Waals surface area contributed by atoms with Crippen molar-refractivity contribution in [1.82, 2.24) is 0 Å². The van der Waals surface area contributed by atoms with Crippen molar-refractivity contribution < 1.29 is 17.7 Å². The first-order valence-corrected chi connectivity index (χ1v) is 18.5. The van der Waals surface area contributed by atoms with Gasteiger partial charge in [0.05, 0.1) is 0 Å². The lowest BCUT2D eigenvalue weighted by molar-refractivity contribution is 0.0715. The van der Waals surface area contributed by atoms with Crippen LogP contribution in [0, 0.1) is 6.92 Å². The first-order chi connectivity index (χ1) is 25.1. The molecule has 51 heavy (non-hydrogen) atoms. The van der Waals surface area contributed by atoms with Gasteiger partial charge in [0.15, 0.2) is 0 Å². The minimum Gasteiger partial charge on any atom is -0.475 e. The number of aryl methyl sites for hydroxylation is 1. The van der Waals surface area contributed by atoms with Crippen LogP contribution in [0.3, 0.4) is 0 Å². The van der Waals surface area contributed by atoms with Crippen molar-refractivity contribution in [3.63, 3.8) is 0 Å². The summed E-state index contributed by atoms with van der Waals surface area (Å²) in [6, 6.07) is 54.1. The van der Waals surface area contributed by atoms with Gasteiger partial charge in [-0.05, 0) is 63.9 Å². The zero-order valence-electron chi connectivity index (χ0n) is 28.2. The fourth-order valence-corrected chi connectivity index (χ4v) is 8.62. The summed E-state index contributed by atoms with van der Waals surface area (Å²) in [6.45, 7) is 2.45. The minimum atomic E-state index is -1.98. The van der Waals surface area contributed by atoms with Crippen LogP contribution in [0.1, 0.15) is 22.3 Å². The Morgan fingerprint density at radius 3 is 1.67 bits per heavy atom. The monoisotopic (exact) mass is 685 g/mol. The van der Waals surface area contributed by atoms with E-state index in [0.29, 0.717) is 25.3 Å². The summed E-state index contributed by atoms with van der Waals surface area (Å²) in [5, 5.41) is 6.49. The lowest BCUT2D eigenvalue weighted by atomic mass is 9.82. The molecule has 0 N–H and O–H groups in total. The number of benzene rings is 7. The van der Waals surface area contributed by atoms with E-state index in [4.69, 9.17) is 22.6 Å². The van der Waals surface area contributed by atoms with Crippen LogP contribution >= 0.6 is 8.24 Å². The summed E-state index contributed by atoms with van der Waals surface area (Å²) in [5.74, 6) is 0.623. The van der Waals surface area contributed by atoms with Crippen LogP contribution in [-0.4, -0.2) is 24.1 Å². The zero-order valence-corrected chi connectivity index (χ0v) is 29.1. The molecule has 9 rings (SSSR count). The highest BCUT2D eigenvalue weighted by molar-refractivity contribution is 7.31. The molecule has 0 saturated carbocycles. The van der Waals surface area contributed by atoms with Crippen molar-refractivity contribution in [3.8, 4) is 0 Å². The third-order valence-electron chi connectivity index (χ3n) is 9.88. The topological polar surface area (TPSA) is 57.1 Å². The highest BCUT2D eigenvalue weighted by Crippen LogP contribution is 2.44. The van der Waals surface area contributed by atoms with Crippen LogP contribution in [0.2, 0.25) is 0 Å². The Labute approximate surface area is 297 Å². The lowest BCUT2D eigenvalue weighted by Gasteiger charge is -2.35. The standard InChI is InChI=1S/C45H36NO4P/c1-31-20-22-36(23-21-31)44-46-41(30-47-44)45(28-32-12-4-2-5-13-32,29-33-14-6-3-7-15-33)50-51-48-39-26-24-34-16-8-10-18-37(34)42(39)43-38-19-11-9-17-35(38)25-27-40(43)49-51/h2-27,41H,28-30H2,1H3. The van der Waals surface area contributed by atoms with Crippen molar-refractivity contribution in [2.75, 3.05) is 6.61 Å². The minimum absolute atomic E-state index is 0.348. The second-order valence-corrected chi connectivity index (χ2v) is 14.3. The summed E-state index contributed by atoms with van der Waals surface area (Å²) in [5.41, 5.74) is 4.98. The van der Waals surface area contributed by atoms with Gasteiger partial charge in [0.25, 0.3) is 0 Å². The molecule has 0 saturated heterocycles.